The van der Waals surface area contributed by atoms with Gasteiger partial charge >= 0.3 is 0 Å². The Morgan fingerprint density at radius 2 is 1.04 bits per heavy atom. The minimum Gasteiger partial charge on any atom is -0.115 e. The zero-order valence-corrected chi connectivity index (χ0v) is 16.5. The lowest BCUT2D eigenvalue weighted by Crippen LogP contribution is -2.58. The lowest BCUT2D eigenvalue weighted by molar-refractivity contribution is 0.838. The molecule has 0 aliphatic carbocycles. The van der Waals surface area contributed by atoms with Gasteiger partial charge in [0.05, 0.1) is 0 Å². The van der Waals surface area contributed by atoms with Crippen molar-refractivity contribution < 1.29 is 0 Å². The third kappa shape index (κ3) is 4.44. The number of rotatable bonds is 8. The molecule has 0 saturated carbocycles. The van der Waals surface area contributed by atoms with Crippen LogP contribution in [0.3, 0.4) is 0 Å². The SMILES string of the molecule is C#Cc1ccc([Si](CCCC)(CCCC)c2ccc(C#C)cc2)cc1. The predicted molar refractivity (Wildman–Crippen MR) is 113 cm³/mol. The Morgan fingerprint density at radius 1 is 0.680 bits per heavy atom. The number of terminal acetylenes is 2. The second-order valence-electron chi connectivity index (χ2n) is 6.73. The van der Waals surface area contributed by atoms with Crippen LogP contribution in [-0.4, -0.2) is 8.07 Å². The Morgan fingerprint density at radius 3 is 1.32 bits per heavy atom. The summed E-state index contributed by atoms with van der Waals surface area (Å²) in [7, 11) is -1.80. The molecule has 0 unspecified atom stereocenters. The smallest absolute Gasteiger partial charge is 0.115 e. The number of benzene rings is 2. The van der Waals surface area contributed by atoms with Gasteiger partial charge in [0.1, 0.15) is 8.07 Å². The van der Waals surface area contributed by atoms with Gasteiger partial charge in [-0.2, -0.15) is 0 Å². The molecule has 0 amide bonds. The first-order valence-corrected chi connectivity index (χ1v) is 11.8. The normalized spacial score (nSPS) is 10.9. The van der Waals surface area contributed by atoms with Crippen LogP contribution in [0.5, 0.6) is 0 Å². The van der Waals surface area contributed by atoms with Crippen LogP contribution in [0.2, 0.25) is 12.1 Å². The van der Waals surface area contributed by atoms with Crippen LogP contribution in [0, 0.1) is 24.7 Å². The fourth-order valence-corrected chi connectivity index (χ4v) is 8.86. The van der Waals surface area contributed by atoms with Gasteiger partial charge in [0.15, 0.2) is 0 Å². The van der Waals surface area contributed by atoms with E-state index in [1.165, 1.54) is 48.1 Å². The fraction of sp³-hybridized carbons (Fsp3) is 0.333. The predicted octanol–water partition coefficient (Wildman–Crippen LogP) is 4.81. The maximum Gasteiger partial charge on any atom is 0.118 e. The van der Waals surface area contributed by atoms with E-state index in [9.17, 15) is 0 Å². The molecule has 0 radical (unpaired) electrons. The van der Waals surface area contributed by atoms with Crippen LogP contribution < -0.4 is 10.4 Å². The van der Waals surface area contributed by atoms with Gasteiger partial charge in [-0.15, -0.1) is 12.8 Å². The Balaban J connectivity index is 2.56. The summed E-state index contributed by atoms with van der Waals surface area (Å²) in [6.07, 6.45) is 16.1. The number of hydrogen-bond donors (Lipinski definition) is 0. The van der Waals surface area contributed by atoms with E-state index in [-0.39, 0.29) is 0 Å². The van der Waals surface area contributed by atoms with Gasteiger partial charge in [0, 0.05) is 11.1 Å². The van der Waals surface area contributed by atoms with Gasteiger partial charge in [0.25, 0.3) is 0 Å². The van der Waals surface area contributed by atoms with Crippen molar-refractivity contribution in [3.8, 4) is 24.7 Å². The summed E-state index contributed by atoms with van der Waals surface area (Å²) in [4.78, 5) is 0. The molecular weight excluding hydrogens is 316 g/mol. The zero-order valence-electron chi connectivity index (χ0n) is 15.5. The largest absolute Gasteiger partial charge is 0.118 e. The molecule has 0 atom stereocenters. The Kier molecular flexibility index (Phi) is 7.11. The van der Waals surface area contributed by atoms with Crippen molar-refractivity contribution in [2.45, 2.75) is 51.6 Å². The Labute approximate surface area is 154 Å². The van der Waals surface area contributed by atoms with Crippen molar-refractivity contribution in [1.29, 1.82) is 0 Å². The summed E-state index contributed by atoms with van der Waals surface area (Å²) in [6.45, 7) is 4.56. The quantitative estimate of drug-likeness (QED) is 0.476. The molecule has 1 heteroatoms. The molecule has 0 saturated heterocycles. The van der Waals surface area contributed by atoms with E-state index < -0.39 is 8.07 Å². The summed E-state index contributed by atoms with van der Waals surface area (Å²) in [6, 6.07) is 20.1. The molecule has 2 aromatic carbocycles. The van der Waals surface area contributed by atoms with Crippen molar-refractivity contribution >= 4 is 18.4 Å². The van der Waals surface area contributed by atoms with Crippen molar-refractivity contribution in [1.82, 2.24) is 0 Å². The molecule has 0 heterocycles. The third-order valence-electron chi connectivity index (χ3n) is 5.12. The monoisotopic (exact) mass is 344 g/mol. The molecule has 0 aromatic heterocycles. The van der Waals surface area contributed by atoms with Crippen LogP contribution >= 0.6 is 0 Å². The molecule has 0 aliphatic rings. The first-order valence-electron chi connectivity index (χ1n) is 9.34. The number of unbranched alkanes of at least 4 members (excludes halogenated alkanes) is 2. The molecule has 2 rings (SSSR count). The second kappa shape index (κ2) is 9.31. The average Bonchev–Trinajstić information content (AvgIpc) is 2.69. The highest BCUT2D eigenvalue weighted by Crippen LogP contribution is 2.23. The summed E-state index contributed by atoms with van der Waals surface area (Å²) < 4.78 is 0. The molecule has 0 bridgehead atoms. The zero-order chi connectivity index (χ0) is 18.1. The molecule has 2 aromatic rings. The lowest BCUT2D eigenvalue weighted by Gasteiger charge is -2.33. The molecule has 0 N–H and O–H groups in total. The van der Waals surface area contributed by atoms with Crippen molar-refractivity contribution in [3.05, 3.63) is 59.7 Å². The van der Waals surface area contributed by atoms with Crippen LogP contribution in [0.25, 0.3) is 0 Å². The Bertz CT molecular complexity index is 671. The average molecular weight is 345 g/mol. The van der Waals surface area contributed by atoms with Crippen LogP contribution in [0.15, 0.2) is 48.5 Å². The van der Waals surface area contributed by atoms with E-state index in [0.29, 0.717) is 0 Å². The van der Waals surface area contributed by atoms with Crippen LogP contribution in [0.4, 0.5) is 0 Å². The molecule has 25 heavy (non-hydrogen) atoms. The fourth-order valence-electron chi connectivity index (χ4n) is 3.60. The summed E-state index contributed by atoms with van der Waals surface area (Å²) in [5, 5.41) is 3.00. The third-order valence-corrected chi connectivity index (χ3v) is 10.4. The number of hydrogen-bond acceptors (Lipinski definition) is 0. The van der Waals surface area contributed by atoms with E-state index in [4.69, 9.17) is 12.8 Å². The van der Waals surface area contributed by atoms with Crippen molar-refractivity contribution in [2.75, 3.05) is 0 Å². The lowest BCUT2D eigenvalue weighted by atomic mass is 10.2. The second-order valence-corrected chi connectivity index (χ2v) is 11.1. The minimum atomic E-state index is -1.80. The van der Waals surface area contributed by atoms with E-state index in [0.717, 1.165) is 11.1 Å². The van der Waals surface area contributed by atoms with Gasteiger partial charge in [-0.1, -0.05) is 86.0 Å². The molecule has 0 nitrogen and oxygen atoms in total. The Hall–Kier alpha value is -2.22. The summed E-state index contributed by atoms with van der Waals surface area (Å²) in [5.74, 6) is 5.48. The summed E-state index contributed by atoms with van der Waals surface area (Å²) in [5.41, 5.74) is 1.92. The first kappa shape index (κ1) is 19.1. The molecule has 0 spiro atoms. The van der Waals surface area contributed by atoms with Gasteiger partial charge in [-0.05, 0) is 36.4 Å². The molecule has 0 aliphatic heterocycles. The van der Waals surface area contributed by atoms with E-state index in [1.807, 2.05) is 0 Å². The summed E-state index contributed by atoms with van der Waals surface area (Å²) >= 11 is 0. The van der Waals surface area contributed by atoms with E-state index in [1.54, 1.807) is 0 Å². The highest BCUT2D eigenvalue weighted by atomic mass is 28.3. The van der Waals surface area contributed by atoms with Crippen LogP contribution in [0.1, 0.15) is 50.7 Å². The van der Waals surface area contributed by atoms with Crippen molar-refractivity contribution in [2.24, 2.45) is 0 Å². The molecule has 128 valence electrons. The minimum absolute atomic E-state index is 0.959. The maximum atomic E-state index is 5.55. The van der Waals surface area contributed by atoms with Gasteiger partial charge < -0.3 is 0 Å². The standard InChI is InChI=1S/C24H28Si/c1-5-9-19-25(20-10-6-2,23-15-11-21(7-3)12-16-23)24-17-13-22(8-4)14-18-24/h3-4,11-18H,5-6,9-10,19-20H2,1-2H3. The van der Waals surface area contributed by atoms with Crippen LogP contribution in [-0.2, 0) is 0 Å². The van der Waals surface area contributed by atoms with E-state index in [2.05, 4.69) is 74.2 Å². The topological polar surface area (TPSA) is 0 Å². The molecular formula is C24H28Si. The van der Waals surface area contributed by atoms with E-state index >= 15 is 0 Å². The highest BCUT2D eigenvalue weighted by molar-refractivity contribution is 7.02. The van der Waals surface area contributed by atoms with Gasteiger partial charge in [-0.3, -0.25) is 0 Å². The highest BCUT2D eigenvalue weighted by Gasteiger charge is 2.35. The molecule has 0 fully saturated rings. The first-order chi connectivity index (χ1) is 12.2. The van der Waals surface area contributed by atoms with Crippen molar-refractivity contribution in [3.63, 3.8) is 0 Å². The maximum absolute atomic E-state index is 5.55. The van der Waals surface area contributed by atoms with Gasteiger partial charge in [-0.25, -0.2) is 0 Å². The van der Waals surface area contributed by atoms with Gasteiger partial charge in [0.2, 0.25) is 0 Å².